The molecule has 1 atom stereocenters. The number of ketones is 1. The number of carbonyl (C=O) groups excluding carboxylic acids is 2. The number of nitrogens with two attached hydrogens (primary N) is 1. The third-order valence-corrected chi connectivity index (χ3v) is 3.50. The van der Waals surface area contributed by atoms with Crippen LogP contribution in [0.5, 0.6) is 0 Å². The Hall–Kier alpha value is -1.88. The van der Waals surface area contributed by atoms with Crippen LogP contribution >= 0.6 is 0 Å². The number of benzene rings is 1. The van der Waals surface area contributed by atoms with Crippen LogP contribution in [0.25, 0.3) is 0 Å². The number of nitrogens with one attached hydrogen (secondary N) is 2. The van der Waals surface area contributed by atoms with Crippen molar-refractivity contribution in [2.45, 2.75) is 45.6 Å². The summed E-state index contributed by atoms with van der Waals surface area (Å²) in [6.45, 7) is 5.22. The Morgan fingerprint density at radius 1 is 1.27 bits per heavy atom. The second-order valence-corrected chi connectivity index (χ2v) is 5.34. The number of Topliss-reactive ketones (excluding diaryl/α,β-unsaturated/α-hetero) is 1. The second kappa shape index (κ2) is 9.95. The van der Waals surface area contributed by atoms with Crippen molar-refractivity contribution in [2.24, 2.45) is 0 Å². The lowest BCUT2D eigenvalue weighted by molar-refractivity contribution is -0.121. The maximum atomic E-state index is 11.8. The third kappa shape index (κ3) is 6.72. The van der Waals surface area contributed by atoms with Gasteiger partial charge in [0.05, 0.1) is 12.5 Å². The van der Waals surface area contributed by atoms with E-state index in [9.17, 15) is 9.59 Å². The van der Waals surface area contributed by atoms with E-state index in [4.69, 9.17) is 5.73 Å². The van der Waals surface area contributed by atoms with Crippen molar-refractivity contribution in [3.8, 4) is 0 Å². The van der Waals surface area contributed by atoms with E-state index in [1.807, 2.05) is 26.0 Å². The number of rotatable bonds is 10. The largest absolute Gasteiger partial charge is 0.399 e. The van der Waals surface area contributed by atoms with E-state index >= 15 is 0 Å². The van der Waals surface area contributed by atoms with Crippen molar-refractivity contribution < 1.29 is 9.59 Å². The van der Waals surface area contributed by atoms with Gasteiger partial charge in [0.25, 0.3) is 0 Å². The van der Waals surface area contributed by atoms with Crippen molar-refractivity contribution in [1.29, 1.82) is 0 Å². The van der Waals surface area contributed by atoms with Crippen LogP contribution in [0.3, 0.4) is 0 Å². The Labute approximate surface area is 132 Å². The highest BCUT2D eigenvalue weighted by atomic mass is 16.1. The molecule has 5 nitrogen and oxygen atoms in total. The molecule has 0 aliphatic heterocycles. The highest BCUT2D eigenvalue weighted by molar-refractivity contribution is 5.83. The zero-order valence-corrected chi connectivity index (χ0v) is 13.5. The third-order valence-electron chi connectivity index (χ3n) is 3.50. The van der Waals surface area contributed by atoms with Crippen LogP contribution in [-0.2, 0) is 16.0 Å². The van der Waals surface area contributed by atoms with Gasteiger partial charge >= 0.3 is 0 Å². The molecule has 0 radical (unpaired) electrons. The fraction of sp³-hybridized carbons (Fsp3) is 0.529. The molecule has 0 unspecified atom stereocenters. The summed E-state index contributed by atoms with van der Waals surface area (Å²) in [6, 6.07) is 7.24. The lowest BCUT2D eigenvalue weighted by Gasteiger charge is -2.15. The van der Waals surface area contributed by atoms with E-state index in [-0.39, 0.29) is 17.7 Å². The molecule has 0 aliphatic rings. The van der Waals surface area contributed by atoms with Gasteiger partial charge in [-0.25, -0.2) is 0 Å². The summed E-state index contributed by atoms with van der Waals surface area (Å²) in [6.07, 6.45) is 2.40. The molecular weight excluding hydrogens is 278 g/mol. The van der Waals surface area contributed by atoms with Crippen molar-refractivity contribution in [2.75, 3.05) is 18.8 Å². The van der Waals surface area contributed by atoms with Gasteiger partial charge in [0, 0.05) is 18.7 Å². The average molecular weight is 305 g/mol. The minimum Gasteiger partial charge on any atom is -0.399 e. The fourth-order valence-corrected chi connectivity index (χ4v) is 2.35. The van der Waals surface area contributed by atoms with Crippen molar-refractivity contribution >= 4 is 17.4 Å². The Morgan fingerprint density at radius 2 is 2.05 bits per heavy atom. The van der Waals surface area contributed by atoms with Crippen LogP contribution in [0.15, 0.2) is 24.3 Å². The van der Waals surface area contributed by atoms with Crippen molar-refractivity contribution in [3.63, 3.8) is 0 Å². The number of amides is 1. The number of carbonyl (C=O) groups is 2. The molecule has 1 aromatic carbocycles. The van der Waals surface area contributed by atoms with Gasteiger partial charge in [0.1, 0.15) is 5.78 Å². The maximum absolute atomic E-state index is 11.8. The molecule has 1 rings (SSSR count). The molecule has 0 aromatic heterocycles. The molecule has 122 valence electrons. The summed E-state index contributed by atoms with van der Waals surface area (Å²) in [5, 5.41) is 6.08. The maximum Gasteiger partial charge on any atom is 0.224 e. The second-order valence-electron chi connectivity index (χ2n) is 5.34. The molecule has 22 heavy (non-hydrogen) atoms. The van der Waals surface area contributed by atoms with Crippen LogP contribution in [0.4, 0.5) is 5.69 Å². The first-order valence-electron chi connectivity index (χ1n) is 7.94. The predicted molar refractivity (Wildman–Crippen MR) is 89.6 cm³/mol. The lowest BCUT2D eigenvalue weighted by Crippen LogP contribution is -2.37. The van der Waals surface area contributed by atoms with E-state index in [1.165, 1.54) is 0 Å². The van der Waals surface area contributed by atoms with Gasteiger partial charge in [-0.3, -0.25) is 9.59 Å². The summed E-state index contributed by atoms with van der Waals surface area (Å²) in [5.74, 6) is 0.209. The van der Waals surface area contributed by atoms with Crippen molar-refractivity contribution in [3.05, 3.63) is 29.8 Å². The highest BCUT2D eigenvalue weighted by Crippen LogP contribution is 2.07. The molecule has 0 heterocycles. The molecular formula is C17H27N3O2. The number of anilines is 1. The minimum atomic E-state index is -0.0965. The number of likely N-dealkylation sites (N-methyl/N-ethyl adjacent to an activating group) is 1. The molecule has 0 saturated heterocycles. The van der Waals surface area contributed by atoms with Crippen LogP contribution < -0.4 is 16.4 Å². The van der Waals surface area contributed by atoms with E-state index in [0.29, 0.717) is 25.1 Å². The molecule has 0 bridgehead atoms. The van der Waals surface area contributed by atoms with Gasteiger partial charge in [-0.05, 0) is 37.1 Å². The molecule has 5 heteroatoms. The monoisotopic (exact) mass is 305 g/mol. The molecule has 0 spiro atoms. The molecule has 0 saturated carbocycles. The highest BCUT2D eigenvalue weighted by Gasteiger charge is 2.14. The Bertz CT molecular complexity index is 489. The van der Waals surface area contributed by atoms with Crippen LogP contribution in [-0.4, -0.2) is 30.8 Å². The first-order valence-corrected chi connectivity index (χ1v) is 7.94. The Kier molecular flexibility index (Phi) is 8.22. The van der Waals surface area contributed by atoms with Gasteiger partial charge in [-0.15, -0.1) is 0 Å². The molecule has 0 aliphatic carbocycles. The molecule has 1 aromatic rings. The van der Waals surface area contributed by atoms with Gasteiger partial charge in [-0.2, -0.15) is 0 Å². The predicted octanol–water partition coefficient (Wildman–Crippen LogP) is 1.66. The van der Waals surface area contributed by atoms with Gasteiger partial charge in [0.15, 0.2) is 0 Å². The summed E-state index contributed by atoms with van der Waals surface area (Å²) in [7, 11) is 0. The Morgan fingerprint density at radius 3 is 2.68 bits per heavy atom. The Balaban J connectivity index is 2.28. The quantitative estimate of drug-likeness (QED) is 0.453. The van der Waals surface area contributed by atoms with E-state index in [0.717, 1.165) is 24.9 Å². The number of hydrogen-bond donors (Lipinski definition) is 3. The smallest absolute Gasteiger partial charge is 0.224 e. The first kappa shape index (κ1) is 18.2. The average Bonchev–Trinajstić information content (AvgIpc) is 2.49. The zero-order valence-electron chi connectivity index (χ0n) is 13.5. The summed E-state index contributed by atoms with van der Waals surface area (Å²) >= 11 is 0. The van der Waals surface area contributed by atoms with Gasteiger partial charge in [0.2, 0.25) is 5.91 Å². The zero-order chi connectivity index (χ0) is 16.4. The summed E-state index contributed by atoms with van der Waals surface area (Å²) in [4.78, 5) is 23.6. The van der Waals surface area contributed by atoms with E-state index in [1.54, 1.807) is 12.1 Å². The summed E-state index contributed by atoms with van der Waals surface area (Å²) < 4.78 is 0. The number of nitrogen functional groups attached to an aromatic ring is 1. The van der Waals surface area contributed by atoms with Gasteiger partial charge in [-0.1, -0.05) is 26.0 Å². The van der Waals surface area contributed by atoms with Crippen LogP contribution in [0.1, 0.15) is 38.7 Å². The first-order chi connectivity index (χ1) is 10.6. The SMILES string of the molecule is CCN[C@H](CCCNC(=O)Cc1cccc(N)c1)C(=O)CC. The lowest BCUT2D eigenvalue weighted by atomic mass is 10.0. The molecule has 1 amide bonds. The van der Waals surface area contributed by atoms with Crippen LogP contribution in [0.2, 0.25) is 0 Å². The van der Waals surface area contributed by atoms with Crippen LogP contribution in [0, 0.1) is 0 Å². The van der Waals surface area contributed by atoms with Crippen molar-refractivity contribution in [1.82, 2.24) is 10.6 Å². The fourth-order valence-electron chi connectivity index (χ4n) is 2.35. The van der Waals surface area contributed by atoms with E-state index < -0.39 is 0 Å². The summed E-state index contributed by atoms with van der Waals surface area (Å²) in [5.41, 5.74) is 7.26. The topological polar surface area (TPSA) is 84.2 Å². The van der Waals surface area contributed by atoms with E-state index in [2.05, 4.69) is 10.6 Å². The number of hydrogen-bond acceptors (Lipinski definition) is 4. The normalized spacial score (nSPS) is 11.9. The molecule has 0 fully saturated rings. The molecule has 4 N–H and O–H groups in total. The minimum absolute atomic E-state index is 0.0209. The van der Waals surface area contributed by atoms with Gasteiger partial charge < -0.3 is 16.4 Å². The standard InChI is InChI=1S/C17H27N3O2/c1-3-16(21)15(19-4-2)9-6-10-20-17(22)12-13-7-5-8-14(18)11-13/h5,7-8,11,15,19H,3-4,6,9-10,12,18H2,1-2H3,(H,20,22)/t15-/m1/s1.